The molecule has 3 rings (SSSR count). The Morgan fingerprint density at radius 1 is 1.04 bits per heavy atom. The van der Waals surface area contributed by atoms with E-state index in [1.807, 2.05) is 11.6 Å². The smallest absolute Gasteiger partial charge is 0.191 e. The van der Waals surface area contributed by atoms with Gasteiger partial charge in [-0.2, -0.15) is 0 Å². The molecule has 0 N–H and O–H groups in total. The third-order valence-corrected chi connectivity index (χ3v) is 6.09. The molecule has 3 aromatic rings. The Bertz CT molecular complexity index is 892. The standard InChI is InChI=1S/C19H18ClN3OS2/c1-13-3-9-16(10-4-13)25-12-18-21-22-19(23(18)2)26-11-17(24)14-5-7-15(20)8-6-14/h3-10H,11-12H2,1-2H3. The summed E-state index contributed by atoms with van der Waals surface area (Å²) in [6, 6.07) is 15.3. The SMILES string of the molecule is Cc1ccc(SCc2nnc(SCC(=O)c3ccc(Cl)cc3)n2C)cc1. The molecule has 0 saturated carbocycles. The van der Waals surface area contributed by atoms with Gasteiger partial charge >= 0.3 is 0 Å². The van der Waals surface area contributed by atoms with Crippen LogP contribution in [0, 0.1) is 6.92 Å². The first-order valence-corrected chi connectivity index (χ1v) is 10.4. The predicted molar refractivity (Wildman–Crippen MR) is 108 cm³/mol. The molecule has 2 aromatic carbocycles. The van der Waals surface area contributed by atoms with Crippen LogP contribution in [0.4, 0.5) is 0 Å². The predicted octanol–water partition coefficient (Wildman–Crippen LogP) is 5.04. The van der Waals surface area contributed by atoms with Crippen LogP contribution in [0.1, 0.15) is 21.7 Å². The minimum absolute atomic E-state index is 0.0465. The van der Waals surface area contributed by atoms with Crippen LogP contribution >= 0.6 is 35.1 Å². The van der Waals surface area contributed by atoms with E-state index < -0.39 is 0 Å². The van der Waals surface area contributed by atoms with Gasteiger partial charge in [0.05, 0.1) is 11.5 Å². The summed E-state index contributed by atoms with van der Waals surface area (Å²) in [5, 5.41) is 9.83. The molecule has 0 aliphatic heterocycles. The molecule has 0 saturated heterocycles. The summed E-state index contributed by atoms with van der Waals surface area (Å²) in [5.41, 5.74) is 1.90. The van der Waals surface area contributed by atoms with Crippen molar-refractivity contribution in [3.8, 4) is 0 Å². The summed E-state index contributed by atoms with van der Waals surface area (Å²) in [7, 11) is 1.93. The molecule has 0 unspecified atom stereocenters. The van der Waals surface area contributed by atoms with Gasteiger partial charge in [-0.25, -0.2) is 0 Å². The van der Waals surface area contributed by atoms with Crippen molar-refractivity contribution in [3.63, 3.8) is 0 Å². The molecule has 7 heteroatoms. The van der Waals surface area contributed by atoms with Gasteiger partial charge in [0.25, 0.3) is 0 Å². The average molecular weight is 404 g/mol. The molecule has 0 atom stereocenters. The van der Waals surface area contributed by atoms with Crippen molar-refractivity contribution in [1.29, 1.82) is 0 Å². The van der Waals surface area contributed by atoms with E-state index in [0.717, 1.165) is 16.7 Å². The van der Waals surface area contributed by atoms with Crippen molar-refractivity contribution in [2.45, 2.75) is 22.7 Å². The maximum atomic E-state index is 12.3. The third-order valence-electron chi connectivity index (χ3n) is 3.81. The summed E-state index contributed by atoms with van der Waals surface area (Å²) in [6.45, 7) is 2.08. The second-order valence-corrected chi connectivity index (χ2v) is 8.21. The van der Waals surface area contributed by atoms with Crippen molar-refractivity contribution in [3.05, 3.63) is 70.5 Å². The molecular formula is C19H18ClN3OS2. The zero-order valence-corrected chi connectivity index (χ0v) is 16.9. The number of hydrogen-bond acceptors (Lipinski definition) is 5. The lowest BCUT2D eigenvalue weighted by Gasteiger charge is -2.04. The minimum Gasteiger partial charge on any atom is -0.308 e. The highest BCUT2D eigenvalue weighted by atomic mass is 35.5. The Kier molecular flexibility index (Phi) is 6.40. The van der Waals surface area contributed by atoms with E-state index in [1.165, 1.54) is 22.2 Å². The number of hydrogen-bond donors (Lipinski definition) is 0. The lowest BCUT2D eigenvalue weighted by Crippen LogP contribution is -2.04. The van der Waals surface area contributed by atoms with Crippen LogP contribution in [0.3, 0.4) is 0 Å². The fourth-order valence-corrected chi connectivity index (χ4v) is 4.05. The van der Waals surface area contributed by atoms with E-state index in [-0.39, 0.29) is 5.78 Å². The van der Waals surface area contributed by atoms with Crippen LogP contribution in [-0.4, -0.2) is 26.3 Å². The molecule has 0 spiro atoms. The lowest BCUT2D eigenvalue weighted by atomic mass is 10.1. The molecule has 0 radical (unpaired) electrons. The Morgan fingerprint density at radius 3 is 2.42 bits per heavy atom. The normalized spacial score (nSPS) is 10.9. The molecular weight excluding hydrogens is 386 g/mol. The van der Waals surface area contributed by atoms with Crippen LogP contribution in [0.2, 0.25) is 5.02 Å². The van der Waals surface area contributed by atoms with Gasteiger partial charge < -0.3 is 4.57 Å². The lowest BCUT2D eigenvalue weighted by molar-refractivity contribution is 0.102. The number of aromatic nitrogens is 3. The number of ketones is 1. The second kappa shape index (κ2) is 8.75. The van der Waals surface area contributed by atoms with Crippen LogP contribution in [0.25, 0.3) is 0 Å². The molecule has 0 bridgehead atoms. The van der Waals surface area contributed by atoms with Gasteiger partial charge in [-0.05, 0) is 43.3 Å². The monoisotopic (exact) mass is 403 g/mol. The van der Waals surface area contributed by atoms with E-state index in [4.69, 9.17) is 11.6 Å². The molecule has 26 heavy (non-hydrogen) atoms. The molecule has 1 aromatic heterocycles. The summed E-state index contributed by atoms with van der Waals surface area (Å²) < 4.78 is 1.95. The zero-order valence-electron chi connectivity index (χ0n) is 14.5. The van der Waals surface area contributed by atoms with E-state index in [2.05, 4.69) is 41.4 Å². The first-order valence-electron chi connectivity index (χ1n) is 8.02. The number of Topliss-reactive ketones (excluding diaryl/α,β-unsaturated/α-hetero) is 1. The van der Waals surface area contributed by atoms with Crippen LogP contribution < -0.4 is 0 Å². The van der Waals surface area contributed by atoms with Crippen molar-refractivity contribution in [2.75, 3.05) is 5.75 Å². The van der Waals surface area contributed by atoms with Crippen LogP contribution in [-0.2, 0) is 12.8 Å². The van der Waals surface area contributed by atoms with Gasteiger partial charge in [0.15, 0.2) is 10.9 Å². The van der Waals surface area contributed by atoms with Crippen molar-refractivity contribution >= 4 is 40.9 Å². The summed E-state index contributed by atoms with van der Waals surface area (Å²) in [6.07, 6.45) is 0. The van der Waals surface area contributed by atoms with Gasteiger partial charge in [-0.15, -0.1) is 22.0 Å². The average Bonchev–Trinajstić information content (AvgIpc) is 3.00. The van der Waals surface area contributed by atoms with E-state index >= 15 is 0 Å². The largest absolute Gasteiger partial charge is 0.308 e. The number of nitrogens with zero attached hydrogens (tertiary/aromatic N) is 3. The highest BCUT2D eigenvalue weighted by molar-refractivity contribution is 7.99. The highest BCUT2D eigenvalue weighted by Gasteiger charge is 2.13. The Labute approximate surface area is 166 Å². The second-order valence-electron chi connectivity index (χ2n) is 5.78. The summed E-state index contributed by atoms with van der Waals surface area (Å²) >= 11 is 8.97. The quantitative estimate of drug-likeness (QED) is 0.408. The molecule has 0 aliphatic carbocycles. The fraction of sp³-hybridized carbons (Fsp3) is 0.211. The maximum Gasteiger partial charge on any atom is 0.191 e. The van der Waals surface area contributed by atoms with Gasteiger partial charge in [-0.3, -0.25) is 4.79 Å². The molecule has 0 fully saturated rings. The Morgan fingerprint density at radius 2 is 1.73 bits per heavy atom. The number of halogens is 1. The maximum absolute atomic E-state index is 12.3. The number of aryl methyl sites for hydroxylation is 1. The number of carbonyl (C=O) groups excluding carboxylic acids is 1. The number of carbonyl (C=O) groups is 1. The van der Waals surface area contributed by atoms with E-state index in [1.54, 1.807) is 36.0 Å². The fourth-order valence-electron chi connectivity index (χ4n) is 2.23. The number of thioether (sulfide) groups is 2. The molecule has 4 nitrogen and oxygen atoms in total. The number of benzene rings is 2. The zero-order chi connectivity index (χ0) is 18.5. The summed E-state index contributed by atoms with van der Waals surface area (Å²) in [4.78, 5) is 13.5. The molecule has 134 valence electrons. The van der Waals surface area contributed by atoms with Gasteiger partial charge in [0.1, 0.15) is 5.82 Å². The first kappa shape index (κ1) is 19.0. The molecule has 1 heterocycles. The van der Waals surface area contributed by atoms with Crippen LogP contribution in [0.5, 0.6) is 0 Å². The van der Waals surface area contributed by atoms with Gasteiger partial charge in [0, 0.05) is 22.5 Å². The topological polar surface area (TPSA) is 47.8 Å². The Balaban J connectivity index is 1.57. The first-order chi connectivity index (χ1) is 12.5. The van der Waals surface area contributed by atoms with Crippen LogP contribution in [0.15, 0.2) is 58.6 Å². The molecule has 0 amide bonds. The summed E-state index contributed by atoms with van der Waals surface area (Å²) in [5.74, 6) is 1.99. The molecule has 0 aliphatic rings. The van der Waals surface area contributed by atoms with Gasteiger partial charge in [0.2, 0.25) is 0 Å². The van der Waals surface area contributed by atoms with E-state index in [9.17, 15) is 4.79 Å². The van der Waals surface area contributed by atoms with Crippen molar-refractivity contribution in [2.24, 2.45) is 7.05 Å². The van der Waals surface area contributed by atoms with E-state index in [0.29, 0.717) is 16.3 Å². The highest BCUT2D eigenvalue weighted by Crippen LogP contribution is 2.24. The van der Waals surface area contributed by atoms with Crippen molar-refractivity contribution < 1.29 is 4.79 Å². The Hall–Kier alpha value is -1.76. The minimum atomic E-state index is 0.0465. The van der Waals surface area contributed by atoms with Crippen molar-refractivity contribution in [1.82, 2.24) is 14.8 Å². The third kappa shape index (κ3) is 4.90. The number of rotatable bonds is 7. The van der Waals surface area contributed by atoms with Gasteiger partial charge in [-0.1, -0.05) is 41.1 Å².